The predicted molar refractivity (Wildman–Crippen MR) is 279 cm³/mol. The third kappa shape index (κ3) is 52.5. The summed E-state index contributed by atoms with van der Waals surface area (Å²) in [6, 6.07) is 0. The minimum Gasteiger partial charge on any atom is -0.462 e. The van der Waals surface area contributed by atoms with E-state index < -0.39 is 6.10 Å². The van der Waals surface area contributed by atoms with Gasteiger partial charge in [-0.2, -0.15) is 0 Å². The van der Waals surface area contributed by atoms with Crippen molar-refractivity contribution in [1.82, 2.24) is 0 Å². The highest BCUT2D eigenvalue weighted by atomic mass is 16.6. The van der Waals surface area contributed by atoms with E-state index in [1.54, 1.807) is 0 Å². The average molecular weight is 914 g/mol. The number of hydrogen-bond donors (Lipinski definition) is 0. The van der Waals surface area contributed by atoms with Crippen molar-refractivity contribution >= 4 is 17.9 Å². The highest BCUT2D eigenvalue weighted by Crippen LogP contribution is 2.17. The lowest BCUT2D eigenvalue weighted by Gasteiger charge is -2.18. The van der Waals surface area contributed by atoms with Gasteiger partial charge in [-0.05, 0) is 44.9 Å². The summed E-state index contributed by atoms with van der Waals surface area (Å²) in [5, 5.41) is 0. The summed E-state index contributed by atoms with van der Waals surface area (Å²) in [5.74, 6) is -0.876. The van der Waals surface area contributed by atoms with Crippen molar-refractivity contribution < 1.29 is 28.6 Å². The lowest BCUT2D eigenvalue weighted by atomic mass is 10.0. The molecule has 0 aliphatic carbocycles. The van der Waals surface area contributed by atoms with Crippen molar-refractivity contribution in [1.29, 1.82) is 0 Å². The van der Waals surface area contributed by atoms with Crippen LogP contribution in [0, 0.1) is 0 Å². The van der Waals surface area contributed by atoms with E-state index in [-0.39, 0.29) is 31.1 Å². The van der Waals surface area contributed by atoms with Crippen LogP contribution >= 0.6 is 0 Å². The van der Waals surface area contributed by atoms with Crippen LogP contribution in [0.25, 0.3) is 0 Å². The second-order valence-electron chi connectivity index (χ2n) is 19.3. The number of ether oxygens (including phenoxy) is 3. The number of carbonyl (C=O) groups excluding carboxylic acids is 3. The molecule has 0 fully saturated rings. The van der Waals surface area contributed by atoms with Crippen molar-refractivity contribution in [3.63, 3.8) is 0 Å². The Kier molecular flexibility index (Phi) is 52.3. The van der Waals surface area contributed by atoms with Crippen molar-refractivity contribution in [2.75, 3.05) is 13.2 Å². The van der Waals surface area contributed by atoms with Gasteiger partial charge in [0.05, 0.1) is 0 Å². The first-order valence-corrected chi connectivity index (χ1v) is 28.5. The van der Waals surface area contributed by atoms with Gasteiger partial charge in [0.15, 0.2) is 6.10 Å². The van der Waals surface area contributed by atoms with Crippen LogP contribution < -0.4 is 0 Å². The zero-order chi connectivity index (χ0) is 47.2. The van der Waals surface area contributed by atoms with E-state index in [9.17, 15) is 14.4 Å². The molecular weight excluding hydrogens is 805 g/mol. The molecule has 6 nitrogen and oxygen atoms in total. The van der Waals surface area contributed by atoms with E-state index >= 15 is 0 Å². The van der Waals surface area contributed by atoms with Crippen LogP contribution in [0.2, 0.25) is 0 Å². The molecule has 0 saturated heterocycles. The normalized spacial score (nSPS) is 12.2. The molecule has 0 aromatic heterocycles. The van der Waals surface area contributed by atoms with Crippen molar-refractivity contribution in [2.24, 2.45) is 0 Å². The molecule has 0 aliphatic rings. The maximum Gasteiger partial charge on any atom is 0.306 e. The molecule has 0 N–H and O–H groups in total. The summed E-state index contributed by atoms with van der Waals surface area (Å²) < 4.78 is 16.9. The van der Waals surface area contributed by atoms with Crippen LogP contribution in [0.5, 0.6) is 0 Å². The molecule has 0 aromatic rings. The summed E-state index contributed by atoms with van der Waals surface area (Å²) in [5.41, 5.74) is 0. The van der Waals surface area contributed by atoms with Gasteiger partial charge >= 0.3 is 17.9 Å². The first kappa shape index (κ1) is 62.6. The van der Waals surface area contributed by atoms with Gasteiger partial charge in [-0.1, -0.05) is 276 Å². The quantitative estimate of drug-likeness (QED) is 0.0262. The number of allylic oxidation sites excluding steroid dienone is 6. The van der Waals surface area contributed by atoms with E-state index in [0.717, 1.165) is 77.0 Å². The van der Waals surface area contributed by atoms with Gasteiger partial charge in [0.2, 0.25) is 0 Å². The molecule has 1 atom stereocenters. The lowest BCUT2D eigenvalue weighted by molar-refractivity contribution is -0.167. The Morgan fingerprint density at radius 1 is 0.308 bits per heavy atom. The number of unbranched alkanes of at least 4 members (excludes halogenated alkanes) is 37. The summed E-state index contributed by atoms with van der Waals surface area (Å²) in [7, 11) is 0. The van der Waals surface area contributed by atoms with Crippen molar-refractivity contribution in [3.05, 3.63) is 36.5 Å². The molecule has 380 valence electrons. The Balaban J connectivity index is 4.37. The van der Waals surface area contributed by atoms with E-state index in [1.165, 1.54) is 186 Å². The van der Waals surface area contributed by atoms with Gasteiger partial charge in [0.1, 0.15) is 13.2 Å². The molecule has 0 bridgehead atoms. The Bertz CT molecular complexity index is 1090. The molecule has 0 radical (unpaired) electrons. The monoisotopic (exact) mass is 913 g/mol. The molecule has 0 spiro atoms. The molecule has 0 saturated carbocycles. The van der Waals surface area contributed by atoms with Gasteiger partial charge in [-0.3, -0.25) is 14.4 Å². The van der Waals surface area contributed by atoms with Crippen LogP contribution in [0.1, 0.15) is 303 Å². The fourth-order valence-electron chi connectivity index (χ4n) is 8.39. The highest BCUT2D eigenvalue weighted by molar-refractivity contribution is 5.71. The fourth-order valence-corrected chi connectivity index (χ4v) is 8.39. The number of hydrogen-bond acceptors (Lipinski definition) is 6. The van der Waals surface area contributed by atoms with Crippen LogP contribution in [0.3, 0.4) is 0 Å². The van der Waals surface area contributed by atoms with Crippen molar-refractivity contribution in [3.8, 4) is 0 Å². The Hall–Kier alpha value is -2.37. The minimum atomic E-state index is -0.776. The van der Waals surface area contributed by atoms with Crippen LogP contribution in [0.15, 0.2) is 36.5 Å². The van der Waals surface area contributed by atoms with Crippen LogP contribution in [-0.2, 0) is 28.6 Å². The van der Waals surface area contributed by atoms with Gasteiger partial charge in [0, 0.05) is 19.3 Å². The van der Waals surface area contributed by atoms with E-state index in [2.05, 4.69) is 57.2 Å². The summed E-state index contributed by atoms with van der Waals surface area (Å²) >= 11 is 0. The number of rotatable bonds is 52. The second-order valence-corrected chi connectivity index (χ2v) is 19.3. The first-order valence-electron chi connectivity index (χ1n) is 28.5. The maximum atomic E-state index is 12.8. The molecule has 1 unspecified atom stereocenters. The minimum absolute atomic E-state index is 0.0740. The standard InChI is InChI=1S/C59H108O6/c1-4-7-10-13-16-19-22-25-27-29-30-32-34-37-40-43-46-49-52-58(61)64-55-56(54-63-57(60)51-48-45-42-39-36-33-24-21-18-15-12-9-6-3)65-59(62)53-50-47-44-41-38-35-31-28-26-23-20-17-14-11-8-5-2/h22,25,27,29-30,32,56H,4-21,23-24,26,28,31,33-55H2,1-3H3/b25-22-,29-27-,32-30-. The Morgan fingerprint density at radius 2 is 0.554 bits per heavy atom. The van der Waals surface area contributed by atoms with Gasteiger partial charge in [-0.15, -0.1) is 0 Å². The van der Waals surface area contributed by atoms with Gasteiger partial charge in [0.25, 0.3) is 0 Å². The second kappa shape index (κ2) is 54.2. The maximum absolute atomic E-state index is 12.8. The third-order valence-corrected chi connectivity index (χ3v) is 12.7. The summed E-state index contributed by atoms with van der Waals surface area (Å²) in [6.45, 7) is 6.65. The van der Waals surface area contributed by atoms with Gasteiger partial charge < -0.3 is 14.2 Å². The van der Waals surface area contributed by atoms with Gasteiger partial charge in [-0.25, -0.2) is 0 Å². The lowest BCUT2D eigenvalue weighted by Crippen LogP contribution is -2.30. The summed E-state index contributed by atoms with van der Waals surface area (Å²) in [4.78, 5) is 38.1. The Labute approximate surface area is 404 Å². The van der Waals surface area contributed by atoms with E-state index in [4.69, 9.17) is 14.2 Å². The molecule has 6 heteroatoms. The number of esters is 3. The number of carbonyl (C=O) groups is 3. The fraction of sp³-hybridized carbons (Fsp3) is 0.847. The Morgan fingerprint density at radius 3 is 0.846 bits per heavy atom. The molecule has 0 aliphatic heterocycles. The average Bonchev–Trinajstić information content (AvgIpc) is 3.30. The smallest absolute Gasteiger partial charge is 0.306 e. The summed E-state index contributed by atoms with van der Waals surface area (Å²) in [6.07, 6.45) is 64.1. The molecule has 0 rings (SSSR count). The van der Waals surface area contributed by atoms with E-state index in [0.29, 0.717) is 19.3 Å². The zero-order valence-electron chi connectivity index (χ0n) is 43.5. The highest BCUT2D eigenvalue weighted by Gasteiger charge is 2.19. The molecule has 65 heavy (non-hydrogen) atoms. The topological polar surface area (TPSA) is 78.9 Å². The molecule has 0 heterocycles. The largest absolute Gasteiger partial charge is 0.462 e. The first-order chi connectivity index (χ1) is 32.0. The SMILES string of the molecule is CCCCCCC\C=C/C=C\C=C/CCCCCCCC(=O)OCC(COC(=O)CCCCCCCCCCCCCCC)OC(=O)CCCCCCCCCCCCCCCCCC. The molecule has 0 aromatic carbocycles. The van der Waals surface area contributed by atoms with Crippen LogP contribution in [-0.4, -0.2) is 37.2 Å². The van der Waals surface area contributed by atoms with E-state index in [1.807, 2.05) is 0 Å². The predicted octanol–water partition coefficient (Wildman–Crippen LogP) is 18.9. The van der Waals surface area contributed by atoms with Crippen LogP contribution in [0.4, 0.5) is 0 Å². The zero-order valence-corrected chi connectivity index (χ0v) is 43.5. The molecular formula is C59H108O6. The molecule has 0 amide bonds. The third-order valence-electron chi connectivity index (χ3n) is 12.7. The van der Waals surface area contributed by atoms with Crippen molar-refractivity contribution in [2.45, 2.75) is 309 Å².